The molecular formula is C24H30N2O3. The lowest BCUT2D eigenvalue weighted by Crippen LogP contribution is -2.14. The van der Waals surface area contributed by atoms with Gasteiger partial charge in [0.15, 0.2) is 11.5 Å². The molecule has 1 N–H and O–H groups in total. The van der Waals surface area contributed by atoms with E-state index in [9.17, 15) is 0 Å². The average Bonchev–Trinajstić information content (AvgIpc) is 3.00. The molecule has 0 fully saturated rings. The Bertz CT molecular complexity index is 949. The first-order valence-electron chi connectivity index (χ1n) is 9.88. The second-order valence-electron chi connectivity index (χ2n) is 7.56. The van der Waals surface area contributed by atoms with Crippen LogP contribution < -0.4 is 14.8 Å². The van der Waals surface area contributed by atoms with Crippen molar-refractivity contribution in [3.05, 3.63) is 75.2 Å². The van der Waals surface area contributed by atoms with E-state index in [1.165, 1.54) is 22.3 Å². The van der Waals surface area contributed by atoms with Crippen molar-refractivity contribution in [1.29, 1.82) is 0 Å². The van der Waals surface area contributed by atoms with Gasteiger partial charge in [0.1, 0.15) is 12.4 Å². The number of nitrogens with zero attached hydrogens (tertiary/aromatic N) is 1. The average molecular weight is 395 g/mol. The highest BCUT2D eigenvalue weighted by Crippen LogP contribution is 2.29. The van der Waals surface area contributed by atoms with Crippen molar-refractivity contribution >= 4 is 0 Å². The molecule has 0 amide bonds. The summed E-state index contributed by atoms with van der Waals surface area (Å²) >= 11 is 0. The number of benzene rings is 2. The predicted molar refractivity (Wildman–Crippen MR) is 114 cm³/mol. The van der Waals surface area contributed by atoms with Crippen molar-refractivity contribution in [3.8, 4) is 11.5 Å². The summed E-state index contributed by atoms with van der Waals surface area (Å²) in [4.78, 5) is 0. The molecule has 29 heavy (non-hydrogen) atoms. The number of hydrogen-bond acceptors (Lipinski definition) is 5. The van der Waals surface area contributed by atoms with E-state index in [-0.39, 0.29) is 0 Å². The Labute approximate surface area is 173 Å². The van der Waals surface area contributed by atoms with Gasteiger partial charge in [-0.15, -0.1) is 0 Å². The Kier molecular flexibility index (Phi) is 6.60. The van der Waals surface area contributed by atoms with Crippen LogP contribution in [0, 0.1) is 34.6 Å². The molecule has 5 nitrogen and oxygen atoms in total. The third-order valence-corrected chi connectivity index (χ3v) is 5.25. The standard InChI is InChI=1S/C24H30N2O3/c1-15-9-16(2)21(17(3)10-15)13-25-12-20-7-8-23(24(11-20)27-6)28-14-22-18(4)26-29-19(22)5/h7-11,25H,12-14H2,1-6H3. The number of aryl methyl sites for hydroxylation is 5. The first-order chi connectivity index (χ1) is 13.9. The van der Waals surface area contributed by atoms with Crippen molar-refractivity contribution in [2.24, 2.45) is 0 Å². The quantitative estimate of drug-likeness (QED) is 0.576. The molecule has 2 aromatic carbocycles. The molecule has 0 aliphatic heterocycles. The van der Waals surface area contributed by atoms with Crippen LogP contribution in [-0.2, 0) is 19.7 Å². The molecule has 0 atom stereocenters. The van der Waals surface area contributed by atoms with Crippen molar-refractivity contribution in [1.82, 2.24) is 10.5 Å². The highest BCUT2D eigenvalue weighted by Gasteiger charge is 2.12. The topological polar surface area (TPSA) is 56.5 Å². The number of nitrogens with one attached hydrogen (secondary N) is 1. The lowest BCUT2D eigenvalue weighted by Gasteiger charge is -2.14. The molecule has 3 aromatic rings. The van der Waals surface area contributed by atoms with E-state index in [1.54, 1.807) is 7.11 Å². The molecule has 0 radical (unpaired) electrons. The lowest BCUT2D eigenvalue weighted by molar-refractivity contribution is 0.281. The van der Waals surface area contributed by atoms with E-state index >= 15 is 0 Å². The third-order valence-electron chi connectivity index (χ3n) is 5.25. The number of ether oxygens (including phenoxy) is 2. The maximum Gasteiger partial charge on any atom is 0.161 e. The summed E-state index contributed by atoms with van der Waals surface area (Å²) in [7, 11) is 1.66. The minimum Gasteiger partial charge on any atom is -0.493 e. The SMILES string of the molecule is COc1cc(CNCc2c(C)cc(C)cc2C)ccc1OCc1c(C)noc1C. The molecule has 0 aliphatic rings. The zero-order chi connectivity index (χ0) is 21.0. The van der Waals surface area contributed by atoms with Crippen LogP contribution in [0.3, 0.4) is 0 Å². The minimum atomic E-state index is 0.404. The van der Waals surface area contributed by atoms with E-state index in [4.69, 9.17) is 14.0 Å². The Morgan fingerprint density at radius 3 is 2.24 bits per heavy atom. The van der Waals surface area contributed by atoms with Crippen LogP contribution in [0.15, 0.2) is 34.9 Å². The minimum absolute atomic E-state index is 0.404. The number of aromatic nitrogens is 1. The summed E-state index contributed by atoms with van der Waals surface area (Å²) in [6.45, 7) is 12.3. The van der Waals surface area contributed by atoms with Crippen molar-refractivity contribution in [2.75, 3.05) is 7.11 Å². The first kappa shape index (κ1) is 20.9. The Morgan fingerprint density at radius 2 is 1.62 bits per heavy atom. The molecule has 0 aliphatic carbocycles. The molecule has 0 saturated heterocycles. The molecule has 0 spiro atoms. The van der Waals surface area contributed by atoms with Gasteiger partial charge in [-0.05, 0) is 69.0 Å². The van der Waals surface area contributed by atoms with Gasteiger partial charge in [-0.1, -0.05) is 28.9 Å². The van der Waals surface area contributed by atoms with Crippen LogP contribution in [0.25, 0.3) is 0 Å². The van der Waals surface area contributed by atoms with Gasteiger partial charge in [0.2, 0.25) is 0 Å². The summed E-state index contributed by atoms with van der Waals surface area (Å²) in [6.07, 6.45) is 0. The summed E-state index contributed by atoms with van der Waals surface area (Å²) in [5, 5.41) is 7.51. The van der Waals surface area contributed by atoms with Crippen LogP contribution in [0.4, 0.5) is 0 Å². The monoisotopic (exact) mass is 394 g/mol. The second kappa shape index (κ2) is 9.14. The molecule has 0 unspecified atom stereocenters. The Hall–Kier alpha value is -2.79. The van der Waals surface area contributed by atoms with Gasteiger partial charge in [0.25, 0.3) is 0 Å². The fraction of sp³-hybridized carbons (Fsp3) is 0.375. The molecule has 3 rings (SSSR count). The van der Waals surface area contributed by atoms with Crippen LogP contribution in [0.2, 0.25) is 0 Å². The van der Waals surface area contributed by atoms with Crippen molar-refractivity contribution in [3.63, 3.8) is 0 Å². The fourth-order valence-electron chi connectivity index (χ4n) is 3.62. The lowest BCUT2D eigenvalue weighted by atomic mass is 10.00. The summed E-state index contributed by atoms with van der Waals surface area (Å²) in [5.41, 5.74) is 8.30. The van der Waals surface area contributed by atoms with Crippen molar-refractivity contribution < 1.29 is 14.0 Å². The van der Waals surface area contributed by atoms with Gasteiger partial charge in [-0.2, -0.15) is 0 Å². The zero-order valence-corrected chi connectivity index (χ0v) is 18.2. The smallest absolute Gasteiger partial charge is 0.161 e. The highest BCUT2D eigenvalue weighted by atomic mass is 16.5. The van der Waals surface area contributed by atoms with Gasteiger partial charge in [0.05, 0.1) is 18.4 Å². The number of methoxy groups -OCH3 is 1. The van der Waals surface area contributed by atoms with E-state index in [2.05, 4.69) is 49.4 Å². The summed E-state index contributed by atoms with van der Waals surface area (Å²) in [5.74, 6) is 2.21. The molecule has 0 bridgehead atoms. The predicted octanol–water partition coefficient (Wildman–Crippen LogP) is 5.09. The van der Waals surface area contributed by atoms with E-state index in [0.717, 1.165) is 41.4 Å². The Balaban J connectivity index is 1.63. The normalized spacial score (nSPS) is 11.0. The van der Waals surface area contributed by atoms with Crippen molar-refractivity contribution in [2.45, 2.75) is 54.3 Å². The molecule has 1 heterocycles. The van der Waals surface area contributed by atoms with E-state index < -0.39 is 0 Å². The second-order valence-corrected chi connectivity index (χ2v) is 7.56. The van der Waals surface area contributed by atoms with Crippen LogP contribution in [0.1, 0.15) is 44.8 Å². The van der Waals surface area contributed by atoms with E-state index in [0.29, 0.717) is 12.4 Å². The molecule has 5 heteroatoms. The largest absolute Gasteiger partial charge is 0.493 e. The van der Waals surface area contributed by atoms with Gasteiger partial charge in [-0.25, -0.2) is 0 Å². The van der Waals surface area contributed by atoms with E-state index in [1.807, 2.05) is 26.0 Å². The van der Waals surface area contributed by atoms with Gasteiger partial charge < -0.3 is 19.3 Å². The highest BCUT2D eigenvalue weighted by molar-refractivity contribution is 5.43. The van der Waals surface area contributed by atoms with Gasteiger partial charge in [0, 0.05) is 13.1 Å². The molecule has 0 saturated carbocycles. The first-order valence-corrected chi connectivity index (χ1v) is 9.88. The third kappa shape index (κ3) is 4.98. The molecule has 1 aromatic heterocycles. The van der Waals surface area contributed by atoms with Crippen LogP contribution in [0.5, 0.6) is 11.5 Å². The maximum atomic E-state index is 5.96. The van der Waals surface area contributed by atoms with Crippen LogP contribution >= 0.6 is 0 Å². The number of hydrogen-bond donors (Lipinski definition) is 1. The van der Waals surface area contributed by atoms with Gasteiger partial charge >= 0.3 is 0 Å². The fourth-order valence-corrected chi connectivity index (χ4v) is 3.62. The number of rotatable bonds is 8. The molecule has 154 valence electrons. The summed E-state index contributed by atoms with van der Waals surface area (Å²) < 4.78 is 16.7. The maximum absolute atomic E-state index is 5.96. The van der Waals surface area contributed by atoms with Gasteiger partial charge in [-0.3, -0.25) is 0 Å². The molecular weight excluding hydrogens is 364 g/mol. The Morgan fingerprint density at radius 1 is 0.897 bits per heavy atom. The van der Waals surface area contributed by atoms with Crippen LogP contribution in [-0.4, -0.2) is 12.3 Å². The zero-order valence-electron chi connectivity index (χ0n) is 18.2. The summed E-state index contributed by atoms with van der Waals surface area (Å²) in [6, 6.07) is 10.5.